The van der Waals surface area contributed by atoms with Crippen LogP contribution in [0.3, 0.4) is 0 Å². The third kappa shape index (κ3) is 2.65. The van der Waals surface area contributed by atoms with Gasteiger partial charge in [-0.3, -0.25) is 4.79 Å². The minimum Gasteiger partial charge on any atom is -0.496 e. The number of aromatic hydroxyl groups is 1. The summed E-state index contributed by atoms with van der Waals surface area (Å²) in [5, 5.41) is 10.6. The van der Waals surface area contributed by atoms with E-state index in [-0.39, 0.29) is 5.88 Å². The Labute approximate surface area is 162 Å². The Hall–Kier alpha value is -3.54. The number of nitrogens with one attached hydrogen (secondary N) is 1. The lowest BCUT2D eigenvalue weighted by Gasteiger charge is -2.09. The first-order chi connectivity index (χ1) is 13.4. The van der Waals surface area contributed by atoms with Crippen LogP contribution >= 0.6 is 0 Å². The first-order valence-corrected chi connectivity index (χ1v) is 8.83. The molecule has 3 aromatic rings. The van der Waals surface area contributed by atoms with Crippen molar-refractivity contribution >= 4 is 11.6 Å². The molecular weight excluding hydrogens is 356 g/mol. The predicted octanol–water partition coefficient (Wildman–Crippen LogP) is 4.01. The van der Waals surface area contributed by atoms with Crippen molar-refractivity contribution in [1.82, 2.24) is 4.98 Å². The number of fused-ring (bicyclic) bond motifs is 1. The Morgan fingerprint density at radius 2 is 1.46 bits per heavy atom. The zero-order chi connectivity index (χ0) is 20.0. The van der Waals surface area contributed by atoms with Crippen LogP contribution in [-0.2, 0) is 0 Å². The molecule has 1 aromatic heterocycles. The van der Waals surface area contributed by atoms with Gasteiger partial charge in [-0.25, -0.2) is 4.99 Å². The van der Waals surface area contributed by atoms with Gasteiger partial charge < -0.3 is 19.6 Å². The van der Waals surface area contributed by atoms with Crippen molar-refractivity contribution in [3.63, 3.8) is 0 Å². The predicted molar refractivity (Wildman–Crippen MR) is 107 cm³/mol. The Balaban J connectivity index is 1.92. The van der Waals surface area contributed by atoms with Gasteiger partial charge >= 0.3 is 0 Å². The molecule has 6 nitrogen and oxygen atoms in total. The molecule has 0 spiro atoms. The van der Waals surface area contributed by atoms with Gasteiger partial charge in [-0.1, -0.05) is 12.1 Å². The smallest absolute Gasteiger partial charge is 0.280 e. The molecule has 28 heavy (non-hydrogen) atoms. The highest BCUT2D eigenvalue weighted by atomic mass is 16.5. The summed E-state index contributed by atoms with van der Waals surface area (Å²) in [7, 11) is 3.14. The summed E-state index contributed by atoms with van der Waals surface area (Å²) >= 11 is 0. The number of carbonyl (C=O) groups excluding carboxylic acids is 1. The van der Waals surface area contributed by atoms with E-state index in [9.17, 15) is 9.90 Å². The highest BCUT2D eigenvalue weighted by molar-refractivity contribution is 6.31. The standard InChI is InChI=1S/C22H20N2O4/c1-11-5-7-13(15(9-11)27-3)19-17-18(22(26)23-19)20(24-21(17)25)14-8-6-12(2)10-16(14)28-4/h5-10,23,26H,1-4H3. The highest BCUT2D eigenvalue weighted by Gasteiger charge is 2.35. The van der Waals surface area contributed by atoms with Gasteiger partial charge in [0, 0.05) is 11.1 Å². The second-order valence-corrected chi connectivity index (χ2v) is 6.77. The Morgan fingerprint density at radius 3 is 2.07 bits per heavy atom. The fourth-order valence-electron chi connectivity index (χ4n) is 3.54. The van der Waals surface area contributed by atoms with Gasteiger partial charge in [0.05, 0.1) is 36.8 Å². The van der Waals surface area contributed by atoms with Gasteiger partial charge in [0.25, 0.3) is 5.91 Å². The molecule has 0 unspecified atom stereocenters. The molecule has 0 atom stereocenters. The van der Waals surface area contributed by atoms with Crippen LogP contribution in [0.25, 0.3) is 11.3 Å². The summed E-state index contributed by atoms with van der Waals surface area (Å²) < 4.78 is 10.9. The van der Waals surface area contributed by atoms with E-state index in [1.54, 1.807) is 14.2 Å². The summed E-state index contributed by atoms with van der Waals surface area (Å²) in [6, 6.07) is 11.3. The van der Waals surface area contributed by atoms with Crippen molar-refractivity contribution in [2.75, 3.05) is 14.2 Å². The number of H-pyrrole nitrogens is 1. The molecule has 2 heterocycles. The highest BCUT2D eigenvalue weighted by Crippen LogP contribution is 2.42. The zero-order valence-electron chi connectivity index (χ0n) is 16.1. The first kappa shape index (κ1) is 17.9. The van der Waals surface area contributed by atoms with Crippen LogP contribution in [0.2, 0.25) is 0 Å². The Bertz CT molecular complexity index is 1140. The van der Waals surface area contributed by atoms with Crippen molar-refractivity contribution in [3.05, 3.63) is 64.2 Å². The average molecular weight is 376 g/mol. The van der Waals surface area contributed by atoms with Crippen molar-refractivity contribution in [3.8, 4) is 28.6 Å². The maximum Gasteiger partial charge on any atom is 0.280 e. The summed E-state index contributed by atoms with van der Waals surface area (Å²) in [6.07, 6.45) is 0. The summed E-state index contributed by atoms with van der Waals surface area (Å²) in [4.78, 5) is 19.9. The van der Waals surface area contributed by atoms with Crippen LogP contribution in [0.1, 0.15) is 32.6 Å². The van der Waals surface area contributed by atoms with E-state index in [0.717, 1.165) is 11.1 Å². The van der Waals surface area contributed by atoms with Crippen LogP contribution in [0, 0.1) is 13.8 Å². The first-order valence-electron chi connectivity index (χ1n) is 8.83. The van der Waals surface area contributed by atoms with E-state index in [4.69, 9.17) is 9.47 Å². The molecule has 0 bridgehead atoms. The number of aromatic nitrogens is 1. The molecule has 0 aliphatic carbocycles. The van der Waals surface area contributed by atoms with E-state index >= 15 is 0 Å². The van der Waals surface area contributed by atoms with Crippen LogP contribution in [0.5, 0.6) is 17.4 Å². The van der Waals surface area contributed by atoms with E-state index in [2.05, 4.69) is 9.98 Å². The molecule has 2 N–H and O–H groups in total. The second kappa shape index (κ2) is 6.56. The van der Waals surface area contributed by atoms with Crippen molar-refractivity contribution in [2.45, 2.75) is 13.8 Å². The molecule has 1 amide bonds. The van der Waals surface area contributed by atoms with E-state index in [1.807, 2.05) is 50.2 Å². The number of benzene rings is 2. The number of aliphatic imine (C=N–C) groups is 1. The molecule has 0 radical (unpaired) electrons. The Kier molecular flexibility index (Phi) is 4.19. The van der Waals surface area contributed by atoms with Crippen LogP contribution < -0.4 is 9.47 Å². The van der Waals surface area contributed by atoms with Crippen molar-refractivity contribution < 1.29 is 19.4 Å². The molecule has 0 saturated heterocycles. The molecule has 0 fully saturated rings. The zero-order valence-corrected chi connectivity index (χ0v) is 16.1. The molecule has 142 valence electrons. The lowest BCUT2D eigenvalue weighted by atomic mass is 9.98. The molecular formula is C22H20N2O4. The number of methoxy groups -OCH3 is 2. The average Bonchev–Trinajstić information content (AvgIpc) is 3.20. The minimum atomic E-state index is -0.415. The van der Waals surface area contributed by atoms with Gasteiger partial charge in [-0.05, 0) is 49.2 Å². The largest absolute Gasteiger partial charge is 0.496 e. The maximum absolute atomic E-state index is 12.8. The maximum atomic E-state index is 12.8. The van der Waals surface area contributed by atoms with E-state index in [0.29, 0.717) is 45.2 Å². The fourth-order valence-corrected chi connectivity index (χ4v) is 3.54. The fraction of sp³-hybridized carbons (Fsp3) is 0.182. The van der Waals surface area contributed by atoms with Gasteiger partial charge in [-0.15, -0.1) is 0 Å². The van der Waals surface area contributed by atoms with Gasteiger partial charge in [0.15, 0.2) is 5.88 Å². The monoisotopic (exact) mass is 376 g/mol. The SMILES string of the molecule is COc1cc(C)ccc1C1=NC(=O)c2c(-c3ccc(C)cc3OC)[nH]c(O)c21. The second-order valence-electron chi connectivity index (χ2n) is 6.77. The van der Waals surface area contributed by atoms with Crippen molar-refractivity contribution in [2.24, 2.45) is 4.99 Å². The normalized spacial score (nSPS) is 12.7. The summed E-state index contributed by atoms with van der Waals surface area (Å²) in [5.41, 5.74) is 4.97. The molecule has 1 aliphatic heterocycles. The number of aromatic amines is 1. The van der Waals surface area contributed by atoms with Crippen LogP contribution in [0.4, 0.5) is 0 Å². The topological polar surface area (TPSA) is 83.9 Å². The van der Waals surface area contributed by atoms with Gasteiger partial charge in [0.2, 0.25) is 0 Å². The van der Waals surface area contributed by atoms with Crippen LogP contribution in [0.15, 0.2) is 41.4 Å². The Morgan fingerprint density at radius 1 is 0.893 bits per heavy atom. The quantitative estimate of drug-likeness (QED) is 0.720. The number of hydrogen-bond donors (Lipinski definition) is 2. The number of hydrogen-bond acceptors (Lipinski definition) is 4. The summed E-state index contributed by atoms with van der Waals surface area (Å²) in [6.45, 7) is 3.91. The molecule has 6 heteroatoms. The molecule has 2 aromatic carbocycles. The molecule has 4 rings (SSSR count). The third-order valence-electron chi connectivity index (χ3n) is 4.88. The van der Waals surface area contributed by atoms with Gasteiger partial charge in [0.1, 0.15) is 11.5 Å². The number of aryl methyl sites for hydroxylation is 2. The molecule has 0 saturated carbocycles. The van der Waals surface area contributed by atoms with E-state index in [1.165, 1.54) is 0 Å². The summed E-state index contributed by atoms with van der Waals surface area (Å²) in [5.74, 6) is 0.675. The van der Waals surface area contributed by atoms with Gasteiger partial charge in [-0.2, -0.15) is 0 Å². The number of nitrogens with zero attached hydrogens (tertiary/aromatic N) is 1. The van der Waals surface area contributed by atoms with Crippen LogP contribution in [-0.4, -0.2) is 35.9 Å². The minimum absolute atomic E-state index is 0.111. The number of amides is 1. The van der Waals surface area contributed by atoms with Crippen molar-refractivity contribution in [1.29, 1.82) is 0 Å². The lowest BCUT2D eigenvalue weighted by Crippen LogP contribution is -2.03. The molecule has 1 aliphatic rings. The number of ether oxygens (including phenoxy) is 2. The third-order valence-corrected chi connectivity index (χ3v) is 4.88. The number of carbonyl (C=O) groups is 1. The van der Waals surface area contributed by atoms with E-state index < -0.39 is 5.91 Å². The number of rotatable bonds is 4. The lowest BCUT2D eigenvalue weighted by molar-refractivity contribution is 0.101.